The Balaban J connectivity index is 2.97. The van der Waals surface area contributed by atoms with Gasteiger partial charge in [-0.2, -0.15) is 13.2 Å². The molecule has 1 amide bonds. The van der Waals surface area contributed by atoms with Crippen molar-refractivity contribution in [3.05, 3.63) is 35.4 Å². The smallest absolute Gasteiger partial charge is 0.383 e. The standard InChI is InChI=1S/C15H20F3NO2/c1-11(2)10-19(7-8-21-3)14(20)12-5-4-6-13(9-12)15(16,17)18/h4-6,9,11H,7-8,10H2,1-3H3. The summed E-state index contributed by atoms with van der Waals surface area (Å²) in [6.45, 7) is 5.05. The molecule has 6 heteroatoms. The van der Waals surface area contributed by atoms with Crippen molar-refractivity contribution in [3.8, 4) is 0 Å². The molecule has 0 aliphatic rings. The van der Waals surface area contributed by atoms with Gasteiger partial charge in [0.1, 0.15) is 0 Å². The number of nitrogens with zero attached hydrogens (tertiary/aromatic N) is 1. The Kier molecular flexibility index (Phi) is 6.20. The molecule has 0 aliphatic carbocycles. The van der Waals surface area contributed by atoms with Gasteiger partial charge in [-0.05, 0) is 24.1 Å². The van der Waals surface area contributed by atoms with Gasteiger partial charge in [-0.1, -0.05) is 19.9 Å². The molecule has 3 nitrogen and oxygen atoms in total. The van der Waals surface area contributed by atoms with E-state index >= 15 is 0 Å². The van der Waals surface area contributed by atoms with Crippen molar-refractivity contribution >= 4 is 5.91 Å². The molecule has 21 heavy (non-hydrogen) atoms. The van der Waals surface area contributed by atoms with Crippen molar-refractivity contribution in [1.82, 2.24) is 4.90 Å². The van der Waals surface area contributed by atoms with Gasteiger partial charge in [0, 0.05) is 25.8 Å². The fraction of sp³-hybridized carbons (Fsp3) is 0.533. The Bertz CT molecular complexity index is 472. The normalized spacial score (nSPS) is 11.8. The van der Waals surface area contributed by atoms with Gasteiger partial charge in [0.2, 0.25) is 0 Å². The molecule has 0 atom stereocenters. The van der Waals surface area contributed by atoms with Crippen LogP contribution in [0.3, 0.4) is 0 Å². The van der Waals surface area contributed by atoms with Gasteiger partial charge >= 0.3 is 6.18 Å². The number of alkyl halides is 3. The van der Waals surface area contributed by atoms with Gasteiger partial charge in [-0.3, -0.25) is 4.79 Å². The van der Waals surface area contributed by atoms with Crippen LogP contribution in [0.25, 0.3) is 0 Å². The maximum absolute atomic E-state index is 12.7. The van der Waals surface area contributed by atoms with Crippen LogP contribution in [0.4, 0.5) is 13.2 Å². The van der Waals surface area contributed by atoms with Crippen molar-refractivity contribution in [2.24, 2.45) is 5.92 Å². The fourth-order valence-corrected chi connectivity index (χ4v) is 1.93. The van der Waals surface area contributed by atoms with Crippen molar-refractivity contribution in [2.45, 2.75) is 20.0 Å². The quantitative estimate of drug-likeness (QED) is 0.805. The predicted molar refractivity (Wildman–Crippen MR) is 74.1 cm³/mol. The SMILES string of the molecule is COCCN(CC(C)C)C(=O)c1cccc(C(F)(F)F)c1. The largest absolute Gasteiger partial charge is 0.416 e. The van der Waals surface area contributed by atoms with E-state index in [-0.39, 0.29) is 11.5 Å². The van der Waals surface area contributed by atoms with E-state index in [4.69, 9.17) is 4.74 Å². The lowest BCUT2D eigenvalue weighted by atomic mass is 10.1. The molecule has 0 heterocycles. The van der Waals surface area contributed by atoms with Crippen molar-refractivity contribution in [3.63, 3.8) is 0 Å². The highest BCUT2D eigenvalue weighted by atomic mass is 19.4. The number of hydrogen-bond donors (Lipinski definition) is 0. The number of halogens is 3. The summed E-state index contributed by atoms with van der Waals surface area (Å²) >= 11 is 0. The molecule has 1 rings (SSSR count). The Labute approximate surface area is 122 Å². The van der Waals surface area contributed by atoms with E-state index in [1.54, 1.807) is 0 Å². The van der Waals surface area contributed by atoms with Crippen LogP contribution in [0.2, 0.25) is 0 Å². The first kappa shape index (κ1) is 17.5. The van der Waals surface area contributed by atoms with Crippen molar-refractivity contribution < 1.29 is 22.7 Å². The first-order valence-electron chi connectivity index (χ1n) is 6.71. The highest BCUT2D eigenvalue weighted by Crippen LogP contribution is 2.29. The Morgan fingerprint density at radius 1 is 1.33 bits per heavy atom. The highest BCUT2D eigenvalue weighted by molar-refractivity contribution is 5.94. The maximum atomic E-state index is 12.7. The van der Waals surface area contributed by atoms with E-state index in [2.05, 4.69) is 0 Å². The lowest BCUT2D eigenvalue weighted by Gasteiger charge is -2.24. The first-order chi connectivity index (χ1) is 9.75. The van der Waals surface area contributed by atoms with Crippen LogP contribution in [0, 0.1) is 5.92 Å². The lowest BCUT2D eigenvalue weighted by molar-refractivity contribution is -0.137. The minimum absolute atomic E-state index is 0.0431. The first-order valence-corrected chi connectivity index (χ1v) is 6.71. The molecule has 0 unspecified atom stereocenters. The fourth-order valence-electron chi connectivity index (χ4n) is 1.93. The molecule has 1 aromatic carbocycles. The van der Waals surface area contributed by atoms with E-state index in [1.165, 1.54) is 24.1 Å². The molecule has 118 valence electrons. The summed E-state index contributed by atoms with van der Waals surface area (Å²) in [5.41, 5.74) is -0.772. The second-order valence-corrected chi connectivity index (χ2v) is 5.22. The average Bonchev–Trinajstić information content (AvgIpc) is 2.41. The Morgan fingerprint density at radius 3 is 2.52 bits per heavy atom. The minimum Gasteiger partial charge on any atom is -0.383 e. The van der Waals surface area contributed by atoms with E-state index in [0.29, 0.717) is 19.7 Å². The summed E-state index contributed by atoms with van der Waals surface area (Å²) in [7, 11) is 1.52. The third-order valence-electron chi connectivity index (χ3n) is 2.87. The highest BCUT2D eigenvalue weighted by Gasteiger charge is 2.31. The van der Waals surface area contributed by atoms with Crippen molar-refractivity contribution in [2.75, 3.05) is 26.8 Å². The van der Waals surface area contributed by atoms with Gasteiger partial charge in [-0.25, -0.2) is 0 Å². The summed E-state index contributed by atoms with van der Waals surface area (Å²) in [5, 5.41) is 0. The molecule has 1 aromatic rings. The number of amides is 1. The number of hydrogen-bond acceptors (Lipinski definition) is 2. The second-order valence-electron chi connectivity index (χ2n) is 5.22. The van der Waals surface area contributed by atoms with Crippen LogP contribution in [0.1, 0.15) is 29.8 Å². The van der Waals surface area contributed by atoms with Gasteiger partial charge in [0.05, 0.1) is 12.2 Å². The van der Waals surface area contributed by atoms with Gasteiger partial charge in [-0.15, -0.1) is 0 Å². The number of rotatable bonds is 6. The minimum atomic E-state index is -4.45. The Hall–Kier alpha value is -1.56. The van der Waals surface area contributed by atoms with E-state index in [9.17, 15) is 18.0 Å². The maximum Gasteiger partial charge on any atom is 0.416 e. The van der Waals surface area contributed by atoms with E-state index < -0.39 is 17.6 Å². The molecular formula is C15H20F3NO2. The van der Waals surface area contributed by atoms with Gasteiger partial charge in [0.15, 0.2) is 0 Å². The van der Waals surface area contributed by atoms with E-state index in [1.807, 2.05) is 13.8 Å². The molecular weight excluding hydrogens is 283 g/mol. The molecule has 0 spiro atoms. The van der Waals surface area contributed by atoms with Crippen LogP contribution in [-0.4, -0.2) is 37.6 Å². The summed E-state index contributed by atoms with van der Waals surface area (Å²) in [5.74, 6) is -0.191. The molecule has 0 saturated carbocycles. The number of benzene rings is 1. The zero-order valence-corrected chi connectivity index (χ0v) is 12.4. The predicted octanol–water partition coefficient (Wildman–Crippen LogP) is 3.45. The van der Waals surface area contributed by atoms with Crippen LogP contribution in [-0.2, 0) is 10.9 Å². The second kappa shape index (κ2) is 7.45. The third kappa shape index (κ3) is 5.38. The van der Waals surface area contributed by atoms with Gasteiger partial charge < -0.3 is 9.64 Å². The summed E-state index contributed by atoms with van der Waals surface area (Å²) in [6.07, 6.45) is -4.45. The Morgan fingerprint density at radius 2 is 2.00 bits per heavy atom. The molecule has 0 aliphatic heterocycles. The van der Waals surface area contributed by atoms with Crippen molar-refractivity contribution in [1.29, 1.82) is 0 Å². The lowest BCUT2D eigenvalue weighted by Crippen LogP contribution is -2.36. The molecule has 0 saturated heterocycles. The molecule has 0 aromatic heterocycles. The summed E-state index contributed by atoms with van der Waals surface area (Å²) in [6, 6.07) is 4.50. The average molecular weight is 303 g/mol. The van der Waals surface area contributed by atoms with E-state index in [0.717, 1.165) is 12.1 Å². The molecule has 0 fully saturated rings. The number of ether oxygens (including phenoxy) is 1. The molecule has 0 radical (unpaired) electrons. The number of carbonyl (C=O) groups excluding carboxylic acids is 1. The number of carbonyl (C=O) groups is 1. The van der Waals surface area contributed by atoms with Crippen LogP contribution >= 0.6 is 0 Å². The number of methoxy groups -OCH3 is 1. The summed E-state index contributed by atoms with van der Waals surface area (Å²) < 4.78 is 43.0. The van der Waals surface area contributed by atoms with Gasteiger partial charge in [0.25, 0.3) is 5.91 Å². The summed E-state index contributed by atoms with van der Waals surface area (Å²) in [4.78, 5) is 13.9. The van der Waals surface area contributed by atoms with Crippen LogP contribution in [0.5, 0.6) is 0 Å². The zero-order valence-electron chi connectivity index (χ0n) is 12.4. The third-order valence-corrected chi connectivity index (χ3v) is 2.87. The topological polar surface area (TPSA) is 29.5 Å². The van der Waals surface area contributed by atoms with Crippen LogP contribution < -0.4 is 0 Å². The molecule has 0 N–H and O–H groups in total. The van der Waals surface area contributed by atoms with Crippen LogP contribution in [0.15, 0.2) is 24.3 Å². The molecule has 0 bridgehead atoms. The zero-order chi connectivity index (χ0) is 16.0. The monoisotopic (exact) mass is 303 g/mol.